The summed E-state index contributed by atoms with van der Waals surface area (Å²) >= 11 is 0. The zero-order valence-electron chi connectivity index (χ0n) is 22.6. The number of anilines is 2. The summed E-state index contributed by atoms with van der Waals surface area (Å²) in [6.45, 7) is 3.95. The van der Waals surface area contributed by atoms with Crippen molar-refractivity contribution in [1.29, 1.82) is 5.26 Å². The van der Waals surface area contributed by atoms with Gasteiger partial charge in [0.05, 0.1) is 24.8 Å². The van der Waals surface area contributed by atoms with Crippen molar-refractivity contribution in [3.63, 3.8) is 0 Å². The van der Waals surface area contributed by atoms with E-state index < -0.39 is 5.41 Å². The lowest BCUT2D eigenvalue weighted by atomic mass is 9.77. The minimum atomic E-state index is -0.635. The van der Waals surface area contributed by atoms with Crippen LogP contribution in [0.1, 0.15) is 55.5 Å². The second-order valence-electron chi connectivity index (χ2n) is 9.77. The van der Waals surface area contributed by atoms with Crippen LogP contribution in [0.15, 0.2) is 60.8 Å². The van der Waals surface area contributed by atoms with Crippen molar-refractivity contribution < 1.29 is 19.1 Å². The Balaban J connectivity index is 1.34. The fraction of sp³-hybridized carbons (Fsp3) is 0.300. The molecule has 1 aliphatic carbocycles. The van der Waals surface area contributed by atoms with Gasteiger partial charge < -0.3 is 20.1 Å². The lowest BCUT2D eigenvalue weighted by Gasteiger charge is -2.24. The van der Waals surface area contributed by atoms with E-state index in [0.29, 0.717) is 47.1 Å². The van der Waals surface area contributed by atoms with E-state index >= 15 is 0 Å². The molecule has 0 radical (unpaired) electrons. The van der Waals surface area contributed by atoms with Crippen LogP contribution in [0.2, 0.25) is 0 Å². The molecular weight excluding hydrogens is 508 g/mol. The van der Waals surface area contributed by atoms with E-state index in [-0.39, 0.29) is 23.6 Å². The summed E-state index contributed by atoms with van der Waals surface area (Å²) in [4.78, 5) is 29.6. The zero-order chi connectivity index (χ0) is 28.3. The Morgan fingerprint density at radius 2 is 1.88 bits per heavy atom. The Hall–Kier alpha value is -4.91. The summed E-state index contributed by atoms with van der Waals surface area (Å²) in [5.41, 5.74) is 1.69. The number of nitriles is 1. The number of carbonyl (C=O) groups is 2. The van der Waals surface area contributed by atoms with Gasteiger partial charge in [0.1, 0.15) is 0 Å². The Labute approximate surface area is 231 Å². The van der Waals surface area contributed by atoms with E-state index in [9.17, 15) is 14.9 Å². The van der Waals surface area contributed by atoms with E-state index in [1.807, 2.05) is 19.9 Å². The van der Waals surface area contributed by atoms with Gasteiger partial charge in [-0.15, -0.1) is 5.10 Å². The van der Waals surface area contributed by atoms with Crippen LogP contribution in [0.4, 0.5) is 11.5 Å². The molecule has 10 heteroatoms. The average molecular weight is 539 g/mol. The summed E-state index contributed by atoms with van der Waals surface area (Å²) in [7, 11) is 1.52. The van der Waals surface area contributed by atoms with Crippen LogP contribution in [0, 0.1) is 17.2 Å². The van der Waals surface area contributed by atoms with Gasteiger partial charge in [0, 0.05) is 29.3 Å². The largest absolute Gasteiger partial charge is 0.493 e. The van der Waals surface area contributed by atoms with E-state index in [0.717, 1.165) is 18.4 Å². The first-order chi connectivity index (χ1) is 19.4. The highest BCUT2D eigenvalue weighted by atomic mass is 16.5. The minimum absolute atomic E-state index is 0.0321. The van der Waals surface area contributed by atoms with Crippen LogP contribution in [0.25, 0.3) is 5.65 Å². The number of carbonyl (C=O) groups excluding carboxylic acids is 2. The molecule has 5 rings (SSSR count). The number of nitrogens with zero attached hydrogens (tertiary/aromatic N) is 4. The van der Waals surface area contributed by atoms with Crippen molar-refractivity contribution in [3.8, 4) is 23.4 Å². The quantitative estimate of drug-likeness (QED) is 0.264. The van der Waals surface area contributed by atoms with Crippen molar-refractivity contribution in [2.45, 2.75) is 44.9 Å². The van der Waals surface area contributed by atoms with Crippen LogP contribution in [-0.2, 0) is 10.2 Å². The van der Waals surface area contributed by atoms with Gasteiger partial charge in [0.25, 0.3) is 5.91 Å². The molecule has 0 atom stereocenters. The normalized spacial score (nSPS) is 12.9. The number of ether oxygens (including phenoxy) is 2. The topological polar surface area (TPSA) is 131 Å². The smallest absolute Gasteiger partial charge is 0.255 e. The first kappa shape index (κ1) is 26.7. The third kappa shape index (κ3) is 5.45. The Bertz CT molecular complexity index is 1610. The molecule has 40 heavy (non-hydrogen) atoms. The Morgan fingerprint density at radius 3 is 2.58 bits per heavy atom. The van der Waals surface area contributed by atoms with Crippen molar-refractivity contribution in [3.05, 3.63) is 71.9 Å². The Morgan fingerprint density at radius 1 is 1.07 bits per heavy atom. The molecule has 0 saturated heterocycles. The van der Waals surface area contributed by atoms with E-state index in [4.69, 9.17) is 9.47 Å². The molecule has 1 saturated carbocycles. The van der Waals surface area contributed by atoms with Gasteiger partial charge in [-0.05, 0) is 61.6 Å². The van der Waals surface area contributed by atoms with Crippen molar-refractivity contribution in [2.24, 2.45) is 5.92 Å². The highest BCUT2D eigenvalue weighted by molar-refractivity contribution is 6.04. The lowest BCUT2D eigenvalue weighted by Crippen LogP contribution is -2.23. The first-order valence-electron chi connectivity index (χ1n) is 13.2. The summed E-state index contributed by atoms with van der Waals surface area (Å²) in [5.74, 6) is 1.23. The molecule has 2 aromatic heterocycles. The third-order valence-electron chi connectivity index (χ3n) is 7.23. The third-order valence-corrected chi connectivity index (χ3v) is 7.23. The second kappa shape index (κ2) is 11.1. The average Bonchev–Trinajstić information content (AvgIpc) is 3.75. The predicted molar refractivity (Wildman–Crippen MR) is 150 cm³/mol. The molecule has 204 valence electrons. The summed E-state index contributed by atoms with van der Waals surface area (Å²) in [5, 5.41) is 20.0. The number of hydrogen-bond donors (Lipinski definition) is 2. The first-order valence-corrected chi connectivity index (χ1v) is 13.2. The molecule has 0 spiro atoms. The maximum Gasteiger partial charge on any atom is 0.255 e. The van der Waals surface area contributed by atoms with Gasteiger partial charge in [0.15, 0.2) is 23.0 Å². The highest BCUT2D eigenvalue weighted by Crippen LogP contribution is 2.35. The van der Waals surface area contributed by atoms with Crippen LogP contribution in [-0.4, -0.2) is 33.5 Å². The SMILES string of the molecule is CCC(C#N)(CC)c1cccc(C(=O)Nc2ccc(OC)c(Oc3ccc4nc(NC(=O)C5CC5)cn4n3)c2)c1. The van der Waals surface area contributed by atoms with Gasteiger partial charge in [-0.1, -0.05) is 26.0 Å². The van der Waals surface area contributed by atoms with Crippen LogP contribution < -0.4 is 20.1 Å². The van der Waals surface area contributed by atoms with Crippen molar-refractivity contribution in [2.75, 3.05) is 17.7 Å². The van der Waals surface area contributed by atoms with Crippen molar-refractivity contribution >= 4 is 29.0 Å². The fourth-order valence-electron chi connectivity index (χ4n) is 4.54. The highest BCUT2D eigenvalue weighted by Gasteiger charge is 2.30. The van der Waals surface area contributed by atoms with Gasteiger partial charge in [-0.3, -0.25) is 9.59 Å². The predicted octanol–water partition coefficient (Wildman–Crippen LogP) is 5.71. The van der Waals surface area contributed by atoms with Crippen LogP contribution in [0.5, 0.6) is 17.4 Å². The number of rotatable bonds is 10. The number of hydrogen-bond acceptors (Lipinski definition) is 7. The molecule has 2 N–H and O–H groups in total. The minimum Gasteiger partial charge on any atom is -0.493 e. The number of methoxy groups -OCH3 is 1. The molecule has 1 aliphatic rings. The molecule has 2 amide bonds. The molecule has 1 fully saturated rings. The van der Waals surface area contributed by atoms with Gasteiger partial charge in [0.2, 0.25) is 11.8 Å². The second-order valence-corrected chi connectivity index (χ2v) is 9.77. The standard InChI is InChI=1S/C30H30N6O4/c1-4-30(5-2,18-31)21-8-6-7-20(15-21)29(38)32-22-11-12-23(39-3)24(16-22)40-27-14-13-26-33-25(17-36(26)35-27)34-28(37)19-9-10-19/h6-8,11-17,19H,4-5,9-10H2,1-3H3,(H,32,38)(H,34,37). The Kier molecular flexibility index (Phi) is 7.38. The van der Waals surface area contributed by atoms with Gasteiger partial charge in [-0.2, -0.15) is 5.26 Å². The summed E-state index contributed by atoms with van der Waals surface area (Å²) < 4.78 is 13.0. The van der Waals surface area contributed by atoms with Crippen molar-refractivity contribution in [1.82, 2.24) is 14.6 Å². The van der Waals surface area contributed by atoms with E-state index in [2.05, 4.69) is 26.8 Å². The lowest BCUT2D eigenvalue weighted by molar-refractivity contribution is -0.117. The molecule has 0 unspecified atom stereocenters. The molecular formula is C30H30N6O4. The fourth-order valence-corrected chi connectivity index (χ4v) is 4.54. The number of nitrogens with one attached hydrogen (secondary N) is 2. The number of aromatic nitrogens is 3. The van der Waals surface area contributed by atoms with Crippen LogP contribution in [0.3, 0.4) is 0 Å². The molecule has 0 aliphatic heterocycles. The monoisotopic (exact) mass is 538 g/mol. The maximum absolute atomic E-state index is 13.1. The number of imidazole rings is 1. The maximum atomic E-state index is 13.1. The van der Waals surface area contributed by atoms with Gasteiger partial charge >= 0.3 is 0 Å². The van der Waals surface area contributed by atoms with Crippen LogP contribution >= 0.6 is 0 Å². The van der Waals surface area contributed by atoms with E-state index in [1.54, 1.807) is 54.7 Å². The molecule has 4 aromatic rings. The molecule has 10 nitrogen and oxygen atoms in total. The van der Waals surface area contributed by atoms with Gasteiger partial charge in [-0.25, -0.2) is 9.50 Å². The zero-order valence-corrected chi connectivity index (χ0v) is 22.6. The number of benzene rings is 2. The number of fused-ring (bicyclic) bond motifs is 1. The molecule has 0 bridgehead atoms. The summed E-state index contributed by atoms with van der Waals surface area (Å²) in [6.07, 6.45) is 4.74. The molecule has 2 aromatic carbocycles. The molecule has 2 heterocycles. The summed E-state index contributed by atoms with van der Waals surface area (Å²) in [6, 6.07) is 18.1. The number of amides is 2. The van der Waals surface area contributed by atoms with E-state index in [1.165, 1.54) is 11.6 Å².